The van der Waals surface area contributed by atoms with Gasteiger partial charge >= 0.3 is 5.97 Å². The predicted molar refractivity (Wildman–Crippen MR) is 54.4 cm³/mol. The number of hydrogen-bond acceptors (Lipinski definition) is 3. The first kappa shape index (κ1) is 10.7. The molecule has 0 saturated carbocycles. The first-order chi connectivity index (χ1) is 6.77. The average molecular weight is 193 g/mol. The van der Waals surface area contributed by atoms with Crippen molar-refractivity contribution in [2.75, 3.05) is 0 Å². The molecule has 3 heteroatoms. The first-order valence-corrected chi connectivity index (χ1v) is 4.70. The van der Waals surface area contributed by atoms with Crippen molar-refractivity contribution >= 4 is 5.97 Å². The van der Waals surface area contributed by atoms with E-state index in [0.29, 0.717) is 19.6 Å². The minimum Gasteiger partial charge on any atom is -0.461 e. The third-order valence-corrected chi connectivity index (χ3v) is 2.02. The van der Waals surface area contributed by atoms with E-state index >= 15 is 0 Å². The van der Waals surface area contributed by atoms with Crippen molar-refractivity contribution in [3.05, 3.63) is 35.4 Å². The van der Waals surface area contributed by atoms with Crippen LogP contribution in [0.2, 0.25) is 0 Å². The van der Waals surface area contributed by atoms with E-state index in [9.17, 15) is 4.79 Å². The van der Waals surface area contributed by atoms with Gasteiger partial charge in [0.1, 0.15) is 6.61 Å². The molecule has 0 bridgehead atoms. The molecule has 76 valence electrons. The summed E-state index contributed by atoms with van der Waals surface area (Å²) in [5.74, 6) is -0.183. The Morgan fingerprint density at radius 2 is 2.00 bits per heavy atom. The number of nitrogens with two attached hydrogens (primary N) is 1. The van der Waals surface area contributed by atoms with Gasteiger partial charge in [0.25, 0.3) is 0 Å². The molecule has 0 aliphatic carbocycles. The maximum Gasteiger partial charge on any atom is 0.305 e. The summed E-state index contributed by atoms with van der Waals surface area (Å²) in [6.45, 7) is 2.57. The van der Waals surface area contributed by atoms with Gasteiger partial charge in [-0.05, 0) is 11.1 Å². The molecule has 2 N–H and O–H groups in total. The summed E-state index contributed by atoms with van der Waals surface area (Å²) >= 11 is 0. The molecule has 0 spiro atoms. The summed E-state index contributed by atoms with van der Waals surface area (Å²) in [4.78, 5) is 10.9. The van der Waals surface area contributed by atoms with E-state index in [1.165, 1.54) is 0 Å². The normalized spacial score (nSPS) is 9.86. The first-order valence-electron chi connectivity index (χ1n) is 4.70. The van der Waals surface area contributed by atoms with Gasteiger partial charge in [-0.15, -0.1) is 0 Å². The monoisotopic (exact) mass is 193 g/mol. The molecule has 0 aliphatic heterocycles. The van der Waals surface area contributed by atoms with Crippen LogP contribution in [0.3, 0.4) is 0 Å². The molecule has 0 atom stereocenters. The molecule has 1 aromatic carbocycles. The minimum absolute atomic E-state index is 0.183. The average Bonchev–Trinajstić information content (AvgIpc) is 2.26. The second-order valence-corrected chi connectivity index (χ2v) is 2.99. The Bertz CT molecular complexity index is 310. The lowest BCUT2D eigenvalue weighted by molar-refractivity contribution is -0.144. The van der Waals surface area contributed by atoms with Crippen molar-refractivity contribution in [2.24, 2.45) is 5.73 Å². The molecule has 3 nitrogen and oxygen atoms in total. The van der Waals surface area contributed by atoms with Gasteiger partial charge in [-0.2, -0.15) is 0 Å². The van der Waals surface area contributed by atoms with Crippen LogP contribution < -0.4 is 5.73 Å². The lowest BCUT2D eigenvalue weighted by Crippen LogP contribution is -2.06. The molecule has 1 rings (SSSR count). The number of rotatable bonds is 4. The van der Waals surface area contributed by atoms with Crippen LogP contribution in [0.1, 0.15) is 24.5 Å². The summed E-state index contributed by atoms with van der Waals surface area (Å²) in [5, 5.41) is 0. The quantitative estimate of drug-likeness (QED) is 0.739. The van der Waals surface area contributed by atoms with Gasteiger partial charge in [-0.1, -0.05) is 31.2 Å². The Hall–Kier alpha value is -1.35. The van der Waals surface area contributed by atoms with E-state index < -0.39 is 0 Å². The Balaban J connectivity index is 2.61. The Labute approximate surface area is 83.9 Å². The van der Waals surface area contributed by atoms with Crippen molar-refractivity contribution in [2.45, 2.75) is 26.5 Å². The summed E-state index contributed by atoms with van der Waals surface area (Å²) in [6, 6.07) is 7.70. The van der Waals surface area contributed by atoms with Gasteiger partial charge in [0, 0.05) is 13.0 Å². The van der Waals surface area contributed by atoms with Crippen molar-refractivity contribution in [3.8, 4) is 0 Å². The van der Waals surface area contributed by atoms with Crippen molar-refractivity contribution in [1.29, 1.82) is 0 Å². The van der Waals surface area contributed by atoms with E-state index in [1.807, 2.05) is 24.3 Å². The van der Waals surface area contributed by atoms with Crippen molar-refractivity contribution in [1.82, 2.24) is 0 Å². The second kappa shape index (κ2) is 5.40. The smallest absolute Gasteiger partial charge is 0.305 e. The van der Waals surface area contributed by atoms with Gasteiger partial charge in [0.15, 0.2) is 0 Å². The van der Waals surface area contributed by atoms with Gasteiger partial charge in [0.2, 0.25) is 0 Å². The molecule has 0 aliphatic rings. The molecule has 0 unspecified atom stereocenters. The predicted octanol–water partition coefficient (Wildman–Crippen LogP) is 1.60. The lowest BCUT2D eigenvalue weighted by atomic mass is 10.1. The number of carbonyl (C=O) groups excluding carboxylic acids is 1. The van der Waals surface area contributed by atoms with Crippen LogP contribution in [0, 0.1) is 0 Å². The Morgan fingerprint density at radius 3 is 2.57 bits per heavy atom. The Kier molecular flexibility index (Phi) is 4.13. The maximum absolute atomic E-state index is 10.9. The van der Waals surface area contributed by atoms with E-state index in [-0.39, 0.29) is 5.97 Å². The molecule has 0 fully saturated rings. The molecule has 0 radical (unpaired) electrons. The Morgan fingerprint density at radius 1 is 1.36 bits per heavy atom. The van der Waals surface area contributed by atoms with E-state index in [2.05, 4.69) is 0 Å². The van der Waals surface area contributed by atoms with Crippen LogP contribution in [0.4, 0.5) is 0 Å². The number of benzene rings is 1. The molecule has 0 saturated heterocycles. The van der Waals surface area contributed by atoms with Crippen LogP contribution in [0.5, 0.6) is 0 Å². The van der Waals surface area contributed by atoms with Crippen LogP contribution in [-0.4, -0.2) is 5.97 Å². The van der Waals surface area contributed by atoms with Gasteiger partial charge in [-0.3, -0.25) is 4.79 Å². The molecular weight excluding hydrogens is 178 g/mol. The standard InChI is InChI=1S/C11H15NO2/c1-2-11(13)14-8-10-6-4-3-5-9(10)7-12/h3-6H,2,7-8,12H2,1H3. The van der Waals surface area contributed by atoms with Gasteiger partial charge in [-0.25, -0.2) is 0 Å². The van der Waals surface area contributed by atoms with Crippen LogP contribution in [0.25, 0.3) is 0 Å². The fraction of sp³-hybridized carbons (Fsp3) is 0.364. The zero-order valence-corrected chi connectivity index (χ0v) is 8.32. The third-order valence-electron chi connectivity index (χ3n) is 2.02. The van der Waals surface area contributed by atoms with Crippen LogP contribution in [-0.2, 0) is 22.7 Å². The second-order valence-electron chi connectivity index (χ2n) is 2.99. The molecule has 0 amide bonds. The zero-order chi connectivity index (χ0) is 10.4. The zero-order valence-electron chi connectivity index (χ0n) is 8.32. The highest BCUT2D eigenvalue weighted by Gasteiger charge is 2.02. The fourth-order valence-corrected chi connectivity index (χ4v) is 1.16. The summed E-state index contributed by atoms with van der Waals surface area (Å²) in [5.41, 5.74) is 7.56. The van der Waals surface area contributed by atoms with Gasteiger partial charge < -0.3 is 10.5 Å². The largest absolute Gasteiger partial charge is 0.461 e. The van der Waals surface area contributed by atoms with E-state index in [0.717, 1.165) is 11.1 Å². The minimum atomic E-state index is -0.183. The highest BCUT2D eigenvalue weighted by atomic mass is 16.5. The molecule has 0 aromatic heterocycles. The number of esters is 1. The number of carbonyl (C=O) groups is 1. The third kappa shape index (κ3) is 2.85. The van der Waals surface area contributed by atoms with Crippen molar-refractivity contribution in [3.63, 3.8) is 0 Å². The fourth-order valence-electron chi connectivity index (χ4n) is 1.16. The highest BCUT2D eigenvalue weighted by Crippen LogP contribution is 2.09. The summed E-state index contributed by atoms with van der Waals surface area (Å²) in [7, 11) is 0. The van der Waals surface area contributed by atoms with Crippen LogP contribution in [0.15, 0.2) is 24.3 Å². The van der Waals surface area contributed by atoms with E-state index in [4.69, 9.17) is 10.5 Å². The molecular formula is C11H15NO2. The molecule has 1 aromatic rings. The van der Waals surface area contributed by atoms with Crippen molar-refractivity contribution < 1.29 is 9.53 Å². The topological polar surface area (TPSA) is 52.3 Å². The van der Waals surface area contributed by atoms with Gasteiger partial charge in [0.05, 0.1) is 0 Å². The maximum atomic E-state index is 10.9. The summed E-state index contributed by atoms with van der Waals surface area (Å²) < 4.78 is 5.03. The molecule has 0 heterocycles. The molecule has 14 heavy (non-hydrogen) atoms. The number of ether oxygens (including phenoxy) is 1. The SMILES string of the molecule is CCC(=O)OCc1ccccc1CN. The van der Waals surface area contributed by atoms with Crippen LogP contribution >= 0.6 is 0 Å². The van der Waals surface area contributed by atoms with E-state index in [1.54, 1.807) is 6.92 Å². The lowest BCUT2D eigenvalue weighted by Gasteiger charge is -2.07. The summed E-state index contributed by atoms with van der Waals surface area (Å²) in [6.07, 6.45) is 0.408. The number of hydrogen-bond donors (Lipinski definition) is 1. The highest BCUT2D eigenvalue weighted by molar-refractivity contribution is 5.68.